The largest absolute Gasteiger partial charge is 0.233 e. The summed E-state index contributed by atoms with van der Waals surface area (Å²) < 4.78 is 15.0. The third kappa shape index (κ3) is 1.60. The van der Waals surface area contributed by atoms with Crippen molar-refractivity contribution in [3.8, 4) is 5.69 Å². The highest BCUT2D eigenvalue weighted by Gasteiger charge is 2.08. The minimum absolute atomic E-state index is 0.250. The number of aromatic nitrogens is 2. The fraction of sp³-hybridized carbons (Fsp3) is 0.0714. The molecule has 0 unspecified atom stereocenters. The quantitative estimate of drug-likeness (QED) is 0.621. The molecule has 0 radical (unpaired) electrons. The Bertz CT molecular complexity index is 686. The second-order valence-electron chi connectivity index (χ2n) is 3.99. The average Bonchev–Trinajstić information content (AvgIpc) is 2.68. The molecule has 0 saturated heterocycles. The Morgan fingerprint density at radius 3 is 2.71 bits per heavy atom. The van der Waals surface area contributed by atoms with Crippen LogP contribution in [0.15, 0.2) is 48.5 Å². The first-order valence-corrected chi connectivity index (χ1v) is 5.46. The molecule has 84 valence electrons. The molecule has 0 amide bonds. The fourth-order valence-electron chi connectivity index (χ4n) is 2.03. The topological polar surface area (TPSA) is 17.8 Å². The van der Waals surface area contributed by atoms with Crippen LogP contribution in [0.3, 0.4) is 0 Å². The van der Waals surface area contributed by atoms with Gasteiger partial charge in [-0.2, -0.15) is 5.10 Å². The van der Waals surface area contributed by atoms with E-state index in [2.05, 4.69) is 5.10 Å². The molecule has 0 aliphatic rings. The van der Waals surface area contributed by atoms with E-state index < -0.39 is 0 Å². The molecular formula is C14H11FN2. The monoisotopic (exact) mass is 226 g/mol. The molecule has 0 aliphatic carbocycles. The SMILES string of the molecule is Cc1nn(-c2cccc(F)c2)c2ccccc12. The van der Waals surface area contributed by atoms with Crippen LogP contribution in [0.25, 0.3) is 16.6 Å². The van der Waals surface area contributed by atoms with Crippen LogP contribution < -0.4 is 0 Å². The molecule has 0 spiro atoms. The van der Waals surface area contributed by atoms with Crippen molar-refractivity contribution >= 4 is 10.9 Å². The van der Waals surface area contributed by atoms with E-state index in [4.69, 9.17) is 0 Å². The van der Waals surface area contributed by atoms with Gasteiger partial charge in [-0.1, -0.05) is 24.3 Å². The Labute approximate surface area is 98.3 Å². The van der Waals surface area contributed by atoms with Crippen molar-refractivity contribution in [2.75, 3.05) is 0 Å². The Morgan fingerprint density at radius 1 is 1.06 bits per heavy atom. The fourth-order valence-corrected chi connectivity index (χ4v) is 2.03. The van der Waals surface area contributed by atoms with Crippen LogP contribution >= 0.6 is 0 Å². The first kappa shape index (κ1) is 10.0. The van der Waals surface area contributed by atoms with E-state index in [9.17, 15) is 4.39 Å². The molecule has 0 fully saturated rings. The number of nitrogens with zero attached hydrogens (tertiary/aromatic N) is 2. The zero-order valence-electron chi connectivity index (χ0n) is 9.39. The maximum absolute atomic E-state index is 13.2. The van der Waals surface area contributed by atoms with E-state index in [0.717, 1.165) is 22.3 Å². The molecule has 3 rings (SSSR count). The summed E-state index contributed by atoms with van der Waals surface area (Å²) in [7, 11) is 0. The summed E-state index contributed by atoms with van der Waals surface area (Å²) in [4.78, 5) is 0. The minimum atomic E-state index is -0.250. The molecule has 3 heteroatoms. The highest BCUT2D eigenvalue weighted by Crippen LogP contribution is 2.21. The van der Waals surface area contributed by atoms with Crippen LogP contribution in [0.1, 0.15) is 5.69 Å². The number of rotatable bonds is 1. The van der Waals surface area contributed by atoms with Crippen LogP contribution in [0.2, 0.25) is 0 Å². The van der Waals surface area contributed by atoms with E-state index in [1.165, 1.54) is 12.1 Å². The van der Waals surface area contributed by atoms with E-state index >= 15 is 0 Å². The van der Waals surface area contributed by atoms with Gasteiger partial charge in [0, 0.05) is 5.39 Å². The van der Waals surface area contributed by atoms with Crippen molar-refractivity contribution < 1.29 is 4.39 Å². The summed E-state index contributed by atoms with van der Waals surface area (Å²) in [6.45, 7) is 1.96. The first-order valence-electron chi connectivity index (χ1n) is 5.46. The smallest absolute Gasteiger partial charge is 0.125 e. The third-order valence-corrected chi connectivity index (χ3v) is 2.82. The third-order valence-electron chi connectivity index (χ3n) is 2.82. The van der Waals surface area contributed by atoms with Gasteiger partial charge in [0.2, 0.25) is 0 Å². The predicted molar refractivity (Wildman–Crippen MR) is 65.8 cm³/mol. The minimum Gasteiger partial charge on any atom is -0.233 e. The number of hydrogen-bond acceptors (Lipinski definition) is 1. The molecule has 0 aliphatic heterocycles. The van der Waals surface area contributed by atoms with Crippen LogP contribution in [0.5, 0.6) is 0 Å². The normalized spacial score (nSPS) is 10.9. The molecule has 0 atom stereocenters. The second-order valence-corrected chi connectivity index (χ2v) is 3.99. The zero-order valence-corrected chi connectivity index (χ0v) is 9.39. The van der Waals surface area contributed by atoms with Gasteiger partial charge >= 0.3 is 0 Å². The Morgan fingerprint density at radius 2 is 1.88 bits per heavy atom. The molecule has 1 heterocycles. The molecular weight excluding hydrogens is 215 g/mol. The number of aryl methyl sites for hydroxylation is 1. The van der Waals surface area contributed by atoms with Gasteiger partial charge in [0.05, 0.1) is 16.9 Å². The number of benzene rings is 2. The van der Waals surface area contributed by atoms with Gasteiger partial charge < -0.3 is 0 Å². The Kier molecular flexibility index (Phi) is 2.18. The highest BCUT2D eigenvalue weighted by atomic mass is 19.1. The molecule has 0 bridgehead atoms. The Balaban J connectivity index is 2.31. The summed E-state index contributed by atoms with van der Waals surface area (Å²) in [6.07, 6.45) is 0. The maximum Gasteiger partial charge on any atom is 0.125 e. The van der Waals surface area contributed by atoms with Crippen molar-refractivity contribution in [3.05, 3.63) is 60.0 Å². The number of para-hydroxylation sites is 1. The van der Waals surface area contributed by atoms with E-state index in [0.29, 0.717) is 0 Å². The molecule has 2 nitrogen and oxygen atoms in total. The lowest BCUT2D eigenvalue weighted by Gasteiger charge is -2.02. The van der Waals surface area contributed by atoms with Crippen LogP contribution in [0, 0.1) is 12.7 Å². The lowest BCUT2D eigenvalue weighted by atomic mass is 10.2. The molecule has 1 aromatic heterocycles. The van der Waals surface area contributed by atoms with Crippen LogP contribution in [-0.2, 0) is 0 Å². The molecule has 2 aromatic carbocycles. The summed E-state index contributed by atoms with van der Waals surface area (Å²) in [5, 5.41) is 5.55. The molecule has 0 saturated carbocycles. The van der Waals surface area contributed by atoms with Crippen LogP contribution in [0.4, 0.5) is 4.39 Å². The molecule has 3 aromatic rings. The van der Waals surface area contributed by atoms with Gasteiger partial charge in [-0.3, -0.25) is 0 Å². The van der Waals surface area contributed by atoms with Crippen LogP contribution in [-0.4, -0.2) is 9.78 Å². The predicted octanol–water partition coefficient (Wildman–Crippen LogP) is 3.47. The van der Waals surface area contributed by atoms with Crippen molar-refractivity contribution in [1.82, 2.24) is 9.78 Å². The van der Waals surface area contributed by atoms with E-state index in [1.807, 2.05) is 37.3 Å². The van der Waals surface area contributed by atoms with Crippen molar-refractivity contribution in [3.63, 3.8) is 0 Å². The summed E-state index contributed by atoms with van der Waals surface area (Å²) in [5.41, 5.74) is 2.69. The number of fused-ring (bicyclic) bond motifs is 1. The van der Waals surface area contributed by atoms with Crippen molar-refractivity contribution in [2.24, 2.45) is 0 Å². The van der Waals surface area contributed by atoms with Crippen molar-refractivity contribution in [2.45, 2.75) is 6.92 Å². The van der Waals surface area contributed by atoms with E-state index in [1.54, 1.807) is 10.7 Å². The lowest BCUT2D eigenvalue weighted by molar-refractivity contribution is 0.625. The molecule has 17 heavy (non-hydrogen) atoms. The van der Waals surface area contributed by atoms with Gasteiger partial charge in [-0.05, 0) is 31.2 Å². The molecule has 0 N–H and O–H groups in total. The van der Waals surface area contributed by atoms with Gasteiger partial charge in [0.1, 0.15) is 5.82 Å². The van der Waals surface area contributed by atoms with Gasteiger partial charge in [-0.15, -0.1) is 0 Å². The van der Waals surface area contributed by atoms with Gasteiger partial charge in [0.25, 0.3) is 0 Å². The second kappa shape index (κ2) is 3.70. The number of hydrogen-bond donors (Lipinski definition) is 0. The van der Waals surface area contributed by atoms with Crippen molar-refractivity contribution in [1.29, 1.82) is 0 Å². The highest BCUT2D eigenvalue weighted by molar-refractivity contribution is 5.83. The maximum atomic E-state index is 13.2. The summed E-state index contributed by atoms with van der Waals surface area (Å²) >= 11 is 0. The van der Waals surface area contributed by atoms with Gasteiger partial charge in [0.15, 0.2) is 0 Å². The average molecular weight is 226 g/mol. The Hall–Kier alpha value is -2.16. The lowest BCUT2D eigenvalue weighted by Crippen LogP contribution is -1.96. The summed E-state index contributed by atoms with van der Waals surface area (Å²) in [6, 6.07) is 14.4. The van der Waals surface area contributed by atoms with E-state index in [-0.39, 0.29) is 5.82 Å². The number of halogens is 1. The summed E-state index contributed by atoms with van der Waals surface area (Å²) in [5.74, 6) is -0.250. The zero-order chi connectivity index (χ0) is 11.8. The first-order chi connectivity index (χ1) is 8.25. The van der Waals surface area contributed by atoms with Gasteiger partial charge in [-0.25, -0.2) is 9.07 Å². The standard InChI is InChI=1S/C14H11FN2/c1-10-13-7-2-3-8-14(13)17(16-10)12-6-4-5-11(15)9-12/h2-9H,1H3.